The van der Waals surface area contributed by atoms with Gasteiger partial charge in [-0.2, -0.15) is 0 Å². The van der Waals surface area contributed by atoms with E-state index in [0.717, 1.165) is 35.9 Å². The van der Waals surface area contributed by atoms with Gasteiger partial charge in [0.15, 0.2) is 0 Å². The Morgan fingerprint density at radius 2 is 2.16 bits per heavy atom. The van der Waals surface area contributed by atoms with Crippen molar-refractivity contribution in [1.29, 1.82) is 0 Å². The van der Waals surface area contributed by atoms with E-state index < -0.39 is 5.97 Å². The van der Waals surface area contributed by atoms with Crippen molar-refractivity contribution in [2.75, 3.05) is 12.9 Å². The van der Waals surface area contributed by atoms with Crippen LogP contribution in [0.15, 0.2) is 15.3 Å². The Hall–Kier alpha value is -2.59. The van der Waals surface area contributed by atoms with Gasteiger partial charge < -0.3 is 19.5 Å². The van der Waals surface area contributed by atoms with Crippen molar-refractivity contribution in [1.82, 2.24) is 15.3 Å². The van der Waals surface area contributed by atoms with E-state index in [1.807, 2.05) is 0 Å². The molecule has 31 heavy (non-hydrogen) atoms. The molecule has 164 valence electrons. The quantitative estimate of drug-likeness (QED) is 0.520. The SMILES string of the molecule is COC(=O)c1cc(CNC(=O)CSCc2nc3sc4c(c3c(=O)[nH]2)CCCC4)oc1C. The largest absolute Gasteiger partial charge is 0.465 e. The molecule has 3 aromatic rings. The first-order chi connectivity index (χ1) is 15.0. The average molecular weight is 462 g/mol. The summed E-state index contributed by atoms with van der Waals surface area (Å²) >= 11 is 2.99. The number of thiophene rings is 1. The Morgan fingerprint density at radius 3 is 2.97 bits per heavy atom. The third-order valence-electron chi connectivity index (χ3n) is 5.18. The fourth-order valence-electron chi connectivity index (χ4n) is 3.70. The van der Waals surface area contributed by atoms with Crippen LogP contribution in [0.25, 0.3) is 10.2 Å². The standard InChI is InChI=1S/C21H23N3O5S2/c1-11-14(21(27)28-2)7-12(29-11)8-22-17(25)10-30-9-16-23-19(26)18-13-5-3-4-6-15(13)31-20(18)24-16/h7H,3-6,8-10H2,1-2H3,(H,22,25)(H,23,24,26). The minimum Gasteiger partial charge on any atom is -0.465 e. The van der Waals surface area contributed by atoms with Gasteiger partial charge in [0, 0.05) is 4.88 Å². The molecule has 0 unspecified atom stereocenters. The monoisotopic (exact) mass is 461 g/mol. The van der Waals surface area contributed by atoms with Gasteiger partial charge in [0.25, 0.3) is 5.56 Å². The summed E-state index contributed by atoms with van der Waals surface area (Å²) in [5.74, 6) is 1.52. The maximum Gasteiger partial charge on any atom is 0.341 e. The van der Waals surface area contributed by atoms with E-state index in [4.69, 9.17) is 4.42 Å². The Morgan fingerprint density at radius 1 is 1.35 bits per heavy atom. The van der Waals surface area contributed by atoms with Crippen molar-refractivity contribution in [2.24, 2.45) is 0 Å². The second-order valence-corrected chi connectivity index (χ2v) is 9.42. The highest BCUT2D eigenvalue weighted by Gasteiger charge is 2.20. The molecule has 0 spiro atoms. The van der Waals surface area contributed by atoms with E-state index in [2.05, 4.69) is 20.0 Å². The van der Waals surface area contributed by atoms with E-state index in [1.54, 1.807) is 24.3 Å². The molecule has 0 saturated carbocycles. The molecule has 1 aliphatic rings. The molecule has 1 aliphatic carbocycles. The maximum absolute atomic E-state index is 12.6. The predicted molar refractivity (Wildman–Crippen MR) is 120 cm³/mol. The van der Waals surface area contributed by atoms with Crippen LogP contribution in [0.5, 0.6) is 0 Å². The van der Waals surface area contributed by atoms with Gasteiger partial charge in [-0.15, -0.1) is 23.1 Å². The van der Waals surface area contributed by atoms with E-state index in [1.165, 1.54) is 29.3 Å². The third kappa shape index (κ3) is 4.69. The number of hydrogen-bond acceptors (Lipinski definition) is 8. The van der Waals surface area contributed by atoms with Crippen LogP contribution in [0.3, 0.4) is 0 Å². The number of nitrogens with zero attached hydrogens (tertiary/aromatic N) is 1. The van der Waals surface area contributed by atoms with Crippen LogP contribution in [-0.4, -0.2) is 34.7 Å². The molecule has 0 radical (unpaired) electrons. The molecule has 10 heteroatoms. The molecular weight excluding hydrogens is 438 g/mol. The van der Waals surface area contributed by atoms with Crippen molar-refractivity contribution >= 4 is 45.2 Å². The molecule has 0 aromatic carbocycles. The summed E-state index contributed by atoms with van der Waals surface area (Å²) in [4.78, 5) is 45.9. The summed E-state index contributed by atoms with van der Waals surface area (Å²) in [7, 11) is 1.31. The van der Waals surface area contributed by atoms with Crippen molar-refractivity contribution in [3.05, 3.63) is 49.8 Å². The van der Waals surface area contributed by atoms with Gasteiger partial charge in [0.2, 0.25) is 5.91 Å². The van der Waals surface area contributed by atoms with Gasteiger partial charge in [-0.05, 0) is 44.2 Å². The first kappa shape index (κ1) is 21.6. The smallest absolute Gasteiger partial charge is 0.341 e. The van der Waals surface area contributed by atoms with Gasteiger partial charge >= 0.3 is 5.97 Å². The van der Waals surface area contributed by atoms with Gasteiger partial charge in [0.1, 0.15) is 27.7 Å². The summed E-state index contributed by atoms with van der Waals surface area (Å²) in [6, 6.07) is 1.57. The van der Waals surface area contributed by atoms with Gasteiger partial charge in [0.05, 0.1) is 30.5 Å². The van der Waals surface area contributed by atoms with Crippen LogP contribution in [0.4, 0.5) is 0 Å². The molecule has 3 aromatic heterocycles. The lowest BCUT2D eigenvalue weighted by molar-refractivity contribution is -0.118. The fourth-order valence-corrected chi connectivity index (χ4v) is 5.70. The topological polar surface area (TPSA) is 114 Å². The summed E-state index contributed by atoms with van der Waals surface area (Å²) in [6.45, 7) is 1.85. The summed E-state index contributed by atoms with van der Waals surface area (Å²) in [5.41, 5.74) is 1.43. The van der Waals surface area contributed by atoms with Crippen LogP contribution in [0.2, 0.25) is 0 Å². The number of carbonyl (C=O) groups excluding carboxylic acids is 2. The normalized spacial score (nSPS) is 13.2. The second kappa shape index (κ2) is 9.27. The number of rotatable bonds is 7. The molecular formula is C21H23N3O5S2. The number of esters is 1. The molecule has 8 nitrogen and oxygen atoms in total. The van der Waals surface area contributed by atoms with Gasteiger partial charge in [-0.3, -0.25) is 9.59 Å². The molecule has 0 bridgehead atoms. The lowest BCUT2D eigenvalue weighted by Gasteiger charge is -2.09. The Kier molecular flexibility index (Phi) is 6.47. The molecule has 2 N–H and O–H groups in total. The van der Waals surface area contributed by atoms with Crippen LogP contribution in [0.1, 0.15) is 51.0 Å². The number of amides is 1. The lowest BCUT2D eigenvalue weighted by atomic mass is 9.97. The number of carbonyl (C=O) groups is 2. The highest BCUT2D eigenvalue weighted by Crippen LogP contribution is 2.33. The molecule has 3 heterocycles. The molecule has 0 atom stereocenters. The second-order valence-electron chi connectivity index (χ2n) is 7.35. The van der Waals surface area contributed by atoms with E-state index >= 15 is 0 Å². The summed E-state index contributed by atoms with van der Waals surface area (Å²) in [6.07, 6.45) is 4.25. The fraction of sp³-hybridized carbons (Fsp3) is 0.429. The van der Waals surface area contributed by atoms with E-state index in [9.17, 15) is 14.4 Å². The highest BCUT2D eigenvalue weighted by atomic mass is 32.2. The molecule has 1 amide bonds. The number of ether oxygens (including phenoxy) is 1. The van der Waals surface area contributed by atoms with Crippen LogP contribution < -0.4 is 10.9 Å². The Balaban J connectivity index is 1.31. The van der Waals surface area contributed by atoms with Crippen molar-refractivity contribution < 1.29 is 18.7 Å². The van der Waals surface area contributed by atoms with Crippen LogP contribution in [-0.2, 0) is 34.7 Å². The Labute approximate surface area is 186 Å². The first-order valence-corrected chi connectivity index (χ1v) is 12.0. The number of fused-ring (bicyclic) bond motifs is 3. The number of aromatic nitrogens is 2. The number of furan rings is 1. The predicted octanol–water partition coefficient (Wildman–Crippen LogP) is 3.10. The number of methoxy groups -OCH3 is 1. The molecule has 0 fully saturated rings. The van der Waals surface area contributed by atoms with Crippen LogP contribution in [0, 0.1) is 6.92 Å². The Bertz CT molecular complexity index is 1190. The minimum atomic E-state index is -0.473. The van der Waals surface area contributed by atoms with E-state index in [0.29, 0.717) is 28.7 Å². The zero-order valence-corrected chi connectivity index (χ0v) is 19.0. The number of aromatic amines is 1. The van der Waals surface area contributed by atoms with Crippen molar-refractivity contribution in [3.63, 3.8) is 0 Å². The molecule has 0 aliphatic heterocycles. The molecule has 0 saturated heterocycles. The summed E-state index contributed by atoms with van der Waals surface area (Å²) in [5, 5.41) is 3.50. The third-order valence-corrected chi connectivity index (χ3v) is 7.31. The zero-order valence-electron chi connectivity index (χ0n) is 17.3. The number of H-pyrrole nitrogens is 1. The number of aryl methyl sites for hydroxylation is 3. The number of hydrogen-bond donors (Lipinski definition) is 2. The van der Waals surface area contributed by atoms with Crippen molar-refractivity contribution in [2.45, 2.75) is 44.9 Å². The minimum absolute atomic E-state index is 0.0842. The average Bonchev–Trinajstić information content (AvgIpc) is 3.31. The number of nitrogens with one attached hydrogen (secondary N) is 2. The molecule has 4 rings (SSSR count). The van der Waals surface area contributed by atoms with Crippen LogP contribution >= 0.6 is 23.1 Å². The maximum atomic E-state index is 12.6. The summed E-state index contributed by atoms with van der Waals surface area (Å²) < 4.78 is 10.2. The van der Waals surface area contributed by atoms with E-state index in [-0.39, 0.29) is 23.8 Å². The zero-order chi connectivity index (χ0) is 22.0. The first-order valence-electron chi connectivity index (χ1n) is 10.0. The van der Waals surface area contributed by atoms with Gasteiger partial charge in [-0.1, -0.05) is 0 Å². The number of thioether (sulfide) groups is 1. The highest BCUT2D eigenvalue weighted by molar-refractivity contribution is 7.99. The van der Waals surface area contributed by atoms with Crippen molar-refractivity contribution in [3.8, 4) is 0 Å². The lowest BCUT2D eigenvalue weighted by Crippen LogP contribution is -2.24. The van der Waals surface area contributed by atoms with Gasteiger partial charge in [-0.25, -0.2) is 9.78 Å².